The lowest BCUT2D eigenvalue weighted by Gasteiger charge is -2.13. The van der Waals surface area contributed by atoms with Gasteiger partial charge >= 0.3 is 0 Å². The second-order valence-corrected chi connectivity index (χ2v) is 3.58. The Hall–Kier alpha value is -1.37. The zero-order valence-electron chi connectivity index (χ0n) is 9.92. The van der Waals surface area contributed by atoms with Gasteiger partial charge < -0.3 is 0 Å². The van der Waals surface area contributed by atoms with Crippen molar-refractivity contribution in [3.05, 3.63) is 46.5 Å². The van der Waals surface area contributed by atoms with Crippen LogP contribution in [-0.2, 0) is 6.42 Å². The summed E-state index contributed by atoms with van der Waals surface area (Å²) in [5.41, 5.74) is 4.14. The molecule has 0 bridgehead atoms. The van der Waals surface area contributed by atoms with Gasteiger partial charge in [-0.3, -0.25) is 4.79 Å². The molecule has 0 fully saturated rings. The molecule has 0 spiro atoms. The zero-order valence-corrected chi connectivity index (χ0v) is 9.92. The molecule has 0 saturated heterocycles. The van der Waals surface area contributed by atoms with Crippen LogP contribution in [0.4, 0.5) is 0 Å². The number of hydrogen-bond donors (Lipinski definition) is 0. The summed E-state index contributed by atoms with van der Waals surface area (Å²) >= 11 is 0. The fourth-order valence-electron chi connectivity index (χ4n) is 1.68. The summed E-state index contributed by atoms with van der Waals surface area (Å²) in [6, 6.07) is 6.02. The SMILES string of the molecule is CC.CC1=CCc2cc(C)ccc2C1=O. The normalized spacial score (nSPS) is 13.6. The molecule has 15 heavy (non-hydrogen) atoms. The number of allylic oxidation sites excluding steroid dienone is 2. The van der Waals surface area contributed by atoms with E-state index in [0.717, 1.165) is 23.1 Å². The lowest BCUT2D eigenvalue weighted by molar-refractivity contribution is 0.103. The van der Waals surface area contributed by atoms with Crippen LogP contribution < -0.4 is 0 Å². The highest BCUT2D eigenvalue weighted by Crippen LogP contribution is 2.21. The van der Waals surface area contributed by atoms with Crippen LogP contribution in [0.1, 0.15) is 42.3 Å². The first kappa shape index (κ1) is 11.7. The molecular formula is C14H18O. The van der Waals surface area contributed by atoms with E-state index in [9.17, 15) is 4.79 Å². The molecule has 1 heteroatoms. The number of rotatable bonds is 0. The minimum absolute atomic E-state index is 0.182. The van der Waals surface area contributed by atoms with Gasteiger partial charge in [-0.05, 0) is 31.4 Å². The van der Waals surface area contributed by atoms with Crippen LogP contribution in [0.5, 0.6) is 0 Å². The van der Waals surface area contributed by atoms with E-state index >= 15 is 0 Å². The van der Waals surface area contributed by atoms with Gasteiger partial charge in [0.05, 0.1) is 0 Å². The molecule has 0 heterocycles. The minimum Gasteiger partial charge on any atom is -0.289 e. The number of benzene rings is 1. The second kappa shape index (κ2) is 4.92. The third kappa shape index (κ3) is 2.35. The molecule has 1 aliphatic rings. The van der Waals surface area contributed by atoms with Crippen molar-refractivity contribution in [1.29, 1.82) is 0 Å². The Bertz CT molecular complexity index is 400. The Morgan fingerprint density at radius 2 is 1.80 bits per heavy atom. The third-order valence-corrected chi connectivity index (χ3v) is 2.49. The molecule has 0 aliphatic heterocycles. The molecule has 0 radical (unpaired) electrons. The molecule has 0 saturated carbocycles. The average molecular weight is 202 g/mol. The van der Waals surface area contributed by atoms with Gasteiger partial charge in [0.25, 0.3) is 0 Å². The predicted octanol–water partition coefficient (Wildman–Crippen LogP) is 3.71. The Kier molecular flexibility index (Phi) is 3.84. The quantitative estimate of drug-likeness (QED) is 0.627. The van der Waals surface area contributed by atoms with Gasteiger partial charge in [0.15, 0.2) is 5.78 Å². The molecule has 2 rings (SSSR count). The summed E-state index contributed by atoms with van der Waals surface area (Å²) in [4.78, 5) is 11.7. The average Bonchev–Trinajstić information content (AvgIpc) is 2.26. The van der Waals surface area contributed by atoms with Gasteiger partial charge in [-0.1, -0.05) is 43.7 Å². The van der Waals surface area contributed by atoms with Gasteiger partial charge in [-0.25, -0.2) is 0 Å². The molecule has 0 amide bonds. The largest absolute Gasteiger partial charge is 0.289 e. The highest BCUT2D eigenvalue weighted by molar-refractivity contribution is 6.10. The van der Waals surface area contributed by atoms with Crippen LogP contribution >= 0.6 is 0 Å². The standard InChI is InChI=1S/C12H12O.C2H6/c1-8-3-6-11-10(7-8)5-4-9(2)12(11)13;1-2/h3-4,6-7H,5H2,1-2H3;1-2H3. The first-order valence-corrected chi connectivity index (χ1v) is 5.49. The van der Waals surface area contributed by atoms with E-state index in [2.05, 4.69) is 13.0 Å². The van der Waals surface area contributed by atoms with Crippen molar-refractivity contribution in [2.45, 2.75) is 34.1 Å². The van der Waals surface area contributed by atoms with Crippen molar-refractivity contribution in [2.24, 2.45) is 0 Å². The van der Waals surface area contributed by atoms with Crippen LogP contribution in [0.2, 0.25) is 0 Å². The second-order valence-electron chi connectivity index (χ2n) is 3.58. The number of ketones is 1. The number of hydrogen-bond acceptors (Lipinski definition) is 1. The van der Waals surface area contributed by atoms with Crippen molar-refractivity contribution in [3.8, 4) is 0 Å². The molecule has 0 aromatic heterocycles. The molecule has 1 aromatic carbocycles. The van der Waals surface area contributed by atoms with E-state index in [4.69, 9.17) is 0 Å². The van der Waals surface area contributed by atoms with Gasteiger partial charge in [0.2, 0.25) is 0 Å². The summed E-state index contributed by atoms with van der Waals surface area (Å²) in [6.07, 6.45) is 2.90. The van der Waals surface area contributed by atoms with Crippen molar-refractivity contribution >= 4 is 5.78 Å². The van der Waals surface area contributed by atoms with E-state index in [1.807, 2.05) is 39.0 Å². The van der Waals surface area contributed by atoms with Crippen molar-refractivity contribution in [2.75, 3.05) is 0 Å². The molecule has 80 valence electrons. The lowest BCUT2D eigenvalue weighted by atomic mass is 9.90. The molecular weight excluding hydrogens is 184 g/mol. The van der Waals surface area contributed by atoms with Gasteiger partial charge in [-0.15, -0.1) is 0 Å². The van der Waals surface area contributed by atoms with Crippen LogP contribution in [0.25, 0.3) is 0 Å². The maximum atomic E-state index is 11.7. The van der Waals surface area contributed by atoms with Crippen LogP contribution in [0.3, 0.4) is 0 Å². The molecule has 0 unspecified atom stereocenters. The number of carbonyl (C=O) groups is 1. The van der Waals surface area contributed by atoms with Crippen LogP contribution in [-0.4, -0.2) is 5.78 Å². The van der Waals surface area contributed by atoms with Crippen molar-refractivity contribution in [3.63, 3.8) is 0 Å². The molecule has 1 aromatic rings. The maximum Gasteiger partial charge on any atom is 0.188 e. The Morgan fingerprint density at radius 1 is 1.13 bits per heavy atom. The van der Waals surface area contributed by atoms with Crippen molar-refractivity contribution in [1.82, 2.24) is 0 Å². The van der Waals surface area contributed by atoms with E-state index in [-0.39, 0.29) is 5.78 Å². The van der Waals surface area contributed by atoms with Gasteiger partial charge in [0, 0.05) is 5.56 Å². The Morgan fingerprint density at radius 3 is 2.47 bits per heavy atom. The zero-order chi connectivity index (χ0) is 11.4. The molecule has 0 N–H and O–H groups in total. The van der Waals surface area contributed by atoms with E-state index in [1.165, 1.54) is 5.56 Å². The van der Waals surface area contributed by atoms with E-state index < -0.39 is 0 Å². The predicted molar refractivity (Wildman–Crippen MR) is 64.3 cm³/mol. The Labute approximate surface area is 91.8 Å². The third-order valence-electron chi connectivity index (χ3n) is 2.49. The fourth-order valence-corrected chi connectivity index (χ4v) is 1.68. The van der Waals surface area contributed by atoms with E-state index in [0.29, 0.717) is 0 Å². The number of aryl methyl sites for hydroxylation is 1. The minimum atomic E-state index is 0.182. The number of carbonyl (C=O) groups excluding carboxylic acids is 1. The number of fused-ring (bicyclic) bond motifs is 1. The van der Waals surface area contributed by atoms with E-state index in [1.54, 1.807) is 0 Å². The molecule has 1 aliphatic carbocycles. The summed E-state index contributed by atoms with van der Waals surface area (Å²) < 4.78 is 0. The van der Waals surface area contributed by atoms with Crippen LogP contribution in [0, 0.1) is 6.92 Å². The van der Waals surface area contributed by atoms with Crippen molar-refractivity contribution < 1.29 is 4.79 Å². The maximum absolute atomic E-state index is 11.7. The topological polar surface area (TPSA) is 17.1 Å². The fraction of sp³-hybridized carbons (Fsp3) is 0.357. The summed E-state index contributed by atoms with van der Waals surface area (Å²) in [6.45, 7) is 7.93. The first-order chi connectivity index (χ1) is 7.18. The monoisotopic (exact) mass is 202 g/mol. The summed E-state index contributed by atoms with van der Waals surface area (Å²) in [5.74, 6) is 0.182. The number of Topliss-reactive ketones (excluding diaryl/α,β-unsaturated/α-hetero) is 1. The first-order valence-electron chi connectivity index (χ1n) is 5.49. The lowest BCUT2D eigenvalue weighted by Crippen LogP contribution is -2.10. The van der Waals surface area contributed by atoms with Gasteiger partial charge in [0.1, 0.15) is 0 Å². The van der Waals surface area contributed by atoms with Gasteiger partial charge in [-0.2, -0.15) is 0 Å². The smallest absolute Gasteiger partial charge is 0.188 e. The highest BCUT2D eigenvalue weighted by atomic mass is 16.1. The summed E-state index contributed by atoms with van der Waals surface area (Å²) in [7, 11) is 0. The highest BCUT2D eigenvalue weighted by Gasteiger charge is 2.16. The summed E-state index contributed by atoms with van der Waals surface area (Å²) in [5, 5.41) is 0. The molecule has 1 nitrogen and oxygen atoms in total. The van der Waals surface area contributed by atoms with Crippen LogP contribution in [0.15, 0.2) is 29.8 Å². The Balaban J connectivity index is 0.000000531. The molecule has 0 atom stereocenters.